The lowest BCUT2D eigenvalue weighted by molar-refractivity contribution is 0.190. The maximum absolute atomic E-state index is 10.0. The molecule has 0 saturated carbocycles. The highest BCUT2D eigenvalue weighted by Crippen LogP contribution is 2.54. The van der Waals surface area contributed by atoms with E-state index in [1.807, 2.05) is 36.4 Å². The molecule has 0 amide bonds. The Kier molecular flexibility index (Phi) is 6.57. The molecule has 0 spiro atoms. The molecular formula is C28H27NO4S. The molecule has 6 heteroatoms. The minimum absolute atomic E-state index is 0.0935. The Balaban J connectivity index is 1.33. The molecular weight excluding hydrogens is 446 g/mol. The van der Waals surface area contributed by atoms with Crippen LogP contribution in [-0.2, 0) is 0 Å². The first-order valence-electron chi connectivity index (χ1n) is 11.5. The molecule has 1 saturated heterocycles. The van der Waals surface area contributed by atoms with Crippen LogP contribution in [0.4, 0.5) is 0 Å². The lowest BCUT2D eigenvalue weighted by Crippen LogP contribution is -2.32. The Morgan fingerprint density at radius 3 is 2.65 bits per heavy atom. The lowest BCUT2D eigenvalue weighted by atomic mass is 10.00. The number of benzene rings is 3. The van der Waals surface area contributed by atoms with Crippen LogP contribution in [-0.4, -0.2) is 40.9 Å². The van der Waals surface area contributed by atoms with Crippen LogP contribution in [0.15, 0.2) is 71.6 Å². The number of aromatic hydroxyl groups is 2. The molecule has 0 radical (unpaired) electrons. The van der Waals surface area contributed by atoms with E-state index in [1.165, 1.54) is 0 Å². The van der Waals surface area contributed by atoms with Gasteiger partial charge in [0, 0.05) is 6.54 Å². The monoisotopic (exact) mass is 473 g/mol. The summed E-state index contributed by atoms with van der Waals surface area (Å²) in [5, 5.41) is 19.9. The molecule has 0 aromatic heterocycles. The van der Waals surface area contributed by atoms with Gasteiger partial charge in [-0.15, -0.1) is 18.2 Å². The second kappa shape index (κ2) is 9.92. The van der Waals surface area contributed by atoms with Crippen LogP contribution in [0.3, 0.4) is 0 Å². The van der Waals surface area contributed by atoms with Crippen molar-refractivity contribution >= 4 is 11.8 Å². The average Bonchev–Trinajstić information content (AvgIpc) is 3.31. The second-order valence-corrected chi connectivity index (χ2v) is 9.76. The zero-order chi connectivity index (χ0) is 23.5. The highest BCUT2D eigenvalue weighted by atomic mass is 32.2. The zero-order valence-corrected chi connectivity index (χ0v) is 19.6. The van der Waals surface area contributed by atoms with Crippen molar-refractivity contribution in [3.8, 4) is 35.3 Å². The van der Waals surface area contributed by atoms with Crippen molar-refractivity contribution in [1.82, 2.24) is 4.90 Å². The van der Waals surface area contributed by atoms with Crippen LogP contribution < -0.4 is 9.47 Å². The van der Waals surface area contributed by atoms with Gasteiger partial charge in [-0.3, -0.25) is 4.90 Å². The number of likely N-dealkylation sites (tertiary alicyclic amines) is 1. The van der Waals surface area contributed by atoms with Gasteiger partial charge in [0.1, 0.15) is 35.7 Å². The van der Waals surface area contributed by atoms with Crippen molar-refractivity contribution in [1.29, 1.82) is 0 Å². The van der Waals surface area contributed by atoms with Gasteiger partial charge in [-0.25, -0.2) is 0 Å². The summed E-state index contributed by atoms with van der Waals surface area (Å²) in [5.41, 5.74) is 1.97. The van der Waals surface area contributed by atoms with Crippen LogP contribution in [0, 0.1) is 12.3 Å². The molecule has 0 aliphatic carbocycles. The van der Waals surface area contributed by atoms with Gasteiger partial charge in [0.25, 0.3) is 0 Å². The van der Waals surface area contributed by atoms with Crippen LogP contribution >= 0.6 is 11.8 Å². The number of hydrogen-bond donors (Lipinski definition) is 2. The maximum atomic E-state index is 10.0. The Hall–Kier alpha value is -3.27. The largest absolute Gasteiger partial charge is 0.508 e. The van der Waals surface area contributed by atoms with E-state index in [2.05, 4.69) is 10.8 Å². The van der Waals surface area contributed by atoms with E-state index in [9.17, 15) is 10.2 Å². The van der Waals surface area contributed by atoms with E-state index in [1.54, 1.807) is 42.1 Å². The maximum Gasteiger partial charge on any atom is 0.140 e. The van der Waals surface area contributed by atoms with E-state index < -0.39 is 0 Å². The van der Waals surface area contributed by atoms with Gasteiger partial charge in [0.05, 0.1) is 16.2 Å². The first kappa shape index (κ1) is 22.5. The summed E-state index contributed by atoms with van der Waals surface area (Å²) in [6.07, 6.45) is 7.56. The first-order valence-corrected chi connectivity index (χ1v) is 12.4. The summed E-state index contributed by atoms with van der Waals surface area (Å²) in [6, 6.07) is 20.6. The standard InChI is InChI=1S/C28H27NO4S/c1-2-21-6-4-14-29(21)15-16-32-24-11-8-19(9-12-24)27-28(20-5-3-7-22(30)17-20)34-26-18-23(31)10-13-25(26)33-27/h1,3,5,7-13,17-18,21,27-28,30-31H,4,6,14-16H2/t21-,27-,28+/m0/s1. The number of terminal acetylenes is 1. The average molecular weight is 474 g/mol. The van der Waals surface area contributed by atoms with Crippen LogP contribution in [0.25, 0.3) is 0 Å². The predicted molar refractivity (Wildman–Crippen MR) is 134 cm³/mol. The van der Waals surface area contributed by atoms with Crippen LogP contribution in [0.2, 0.25) is 0 Å². The van der Waals surface area contributed by atoms with Crippen molar-refractivity contribution in [2.24, 2.45) is 0 Å². The van der Waals surface area contributed by atoms with E-state index in [0.717, 1.165) is 53.5 Å². The van der Waals surface area contributed by atoms with Crippen molar-refractivity contribution in [2.75, 3.05) is 19.7 Å². The summed E-state index contributed by atoms with van der Waals surface area (Å²) < 4.78 is 12.4. The lowest BCUT2D eigenvalue weighted by Gasteiger charge is -2.34. The summed E-state index contributed by atoms with van der Waals surface area (Å²) in [6.45, 7) is 2.45. The number of nitrogens with zero attached hydrogens (tertiary/aromatic N) is 1. The second-order valence-electron chi connectivity index (χ2n) is 8.58. The number of ether oxygens (including phenoxy) is 2. The van der Waals surface area contributed by atoms with Crippen molar-refractivity contribution in [3.05, 3.63) is 77.9 Å². The van der Waals surface area contributed by atoms with Gasteiger partial charge in [0.2, 0.25) is 0 Å². The fourth-order valence-electron chi connectivity index (χ4n) is 4.59. The van der Waals surface area contributed by atoms with Gasteiger partial charge in [-0.1, -0.05) is 30.2 Å². The van der Waals surface area contributed by atoms with Gasteiger partial charge >= 0.3 is 0 Å². The van der Waals surface area contributed by atoms with Crippen molar-refractivity contribution in [2.45, 2.75) is 35.1 Å². The minimum atomic E-state index is -0.265. The summed E-state index contributed by atoms with van der Waals surface area (Å²) in [7, 11) is 0. The Morgan fingerprint density at radius 2 is 1.85 bits per heavy atom. The molecule has 2 aliphatic rings. The predicted octanol–water partition coefficient (Wildman–Crippen LogP) is 5.54. The molecule has 5 rings (SSSR count). The topological polar surface area (TPSA) is 62.2 Å². The highest BCUT2D eigenvalue weighted by Gasteiger charge is 2.34. The van der Waals surface area contributed by atoms with Gasteiger partial charge in [-0.2, -0.15) is 0 Å². The normalized spacial score (nSPS) is 21.9. The molecule has 34 heavy (non-hydrogen) atoms. The molecule has 2 N–H and O–H groups in total. The number of rotatable bonds is 6. The molecule has 3 aromatic rings. The van der Waals surface area contributed by atoms with Gasteiger partial charge < -0.3 is 19.7 Å². The van der Waals surface area contributed by atoms with E-state index in [4.69, 9.17) is 15.9 Å². The fourth-order valence-corrected chi connectivity index (χ4v) is 5.90. The number of hydrogen-bond acceptors (Lipinski definition) is 6. The number of phenols is 2. The molecule has 1 fully saturated rings. The molecule has 3 aromatic carbocycles. The Bertz CT molecular complexity index is 1190. The number of phenolic OH excluding ortho intramolecular Hbond substituents is 2. The molecule has 0 unspecified atom stereocenters. The third-order valence-corrected chi connectivity index (χ3v) is 7.67. The summed E-state index contributed by atoms with van der Waals surface area (Å²) in [4.78, 5) is 3.17. The number of fused-ring (bicyclic) bond motifs is 1. The van der Waals surface area contributed by atoms with Crippen molar-refractivity contribution in [3.63, 3.8) is 0 Å². The third-order valence-electron chi connectivity index (χ3n) is 6.32. The number of thioether (sulfide) groups is 1. The summed E-state index contributed by atoms with van der Waals surface area (Å²) >= 11 is 1.62. The van der Waals surface area contributed by atoms with E-state index in [-0.39, 0.29) is 28.9 Å². The Morgan fingerprint density at radius 1 is 1.03 bits per heavy atom. The summed E-state index contributed by atoms with van der Waals surface area (Å²) in [5.74, 6) is 4.82. The zero-order valence-electron chi connectivity index (χ0n) is 18.8. The third kappa shape index (κ3) is 4.82. The minimum Gasteiger partial charge on any atom is -0.508 e. The molecule has 5 nitrogen and oxygen atoms in total. The molecule has 2 heterocycles. The van der Waals surface area contributed by atoms with Crippen LogP contribution in [0.1, 0.15) is 35.3 Å². The van der Waals surface area contributed by atoms with E-state index in [0.29, 0.717) is 6.61 Å². The van der Waals surface area contributed by atoms with Gasteiger partial charge in [-0.05, 0) is 73.0 Å². The fraction of sp³-hybridized carbons (Fsp3) is 0.286. The molecule has 174 valence electrons. The van der Waals surface area contributed by atoms with Crippen molar-refractivity contribution < 1.29 is 19.7 Å². The SMILES string of the molecule is C#C[C@H]1CCCN1CCOc1ccc([C@@H]2Oc3ccc(O)cc3S[C@@H]2c2cccc(O)c2)cc1. The smallest absolute Gasteiger partial charge is 0.140 e. The van der Waals surface area contributed by atoms with E-state index >= 15 is 0 Å². The Labute approximate surface area is 204 Å². The molecule has 0 bridgehead atoms. The van der Waals surface area contributed by atoms with Crippen LogP contribution in [0.5, 0.6) is 23.0 Å². The quantitative estimate of drug-likeness (QED) is 0.458. The molecule has 3 atom stereocenters. The highest BCUT2D eigenvalue weighted by molar-refractivity contribution is 7.99. The first-order chi connectivity index (χ1) is 16.6. The van der Waals surface area contributed by atoms with Gasteiger partial charge in [0.15, 0.2) is 0 Å². The molecule has 2 aliphatic heterocycles.